The molecule has 2 rings (SSSR count). The van der Waals surface area contributed by atoms with E-state index in [4.69, 9.17) is 9.47 Å². The van der Waals surface area contributed by atoms with Gasteiger partial charge in [0.15, 0.2) is 5.79 Å². The summed E-state index contributed by atoms with van der Waals surface area (Å²) in [7, 11) is 0. The highest BCUT2D eigenvalue weighted by molar-refractivity contribution is 5.80. The topological polar surface area (TPSA) is 44.8 Å². The summed E-state index contributed by atoms with van der Waals surface area (Å²) in [4.78, 5) is 11.1. The molecule has 3 atom stereocenters. The third-order valence-corrected chi connectivity index (χ3v) is 2.50. The van der Waals surface area contributed by atoms with Crippen LogP contribution in [0.4, 0.5) is 4.39 Å². The van der Waals surface area contributed by atoms with Gasteiger partial charge in [0.25, 0.3) is 0 Å². The van der Waals surface area contributed by atoms with Crippen molar-refractivity contribution in [2.45, 2.75) is 44.4 Å². The van der Waals surface area contributed by atoms with E-state index in [1.807, 2.05) is 0 Å². The van der Waals surface area contributed by atoms with Gasteiger partial charge in [-0.15, -0.1) is 0 Å². The zero-order valence-corrected chi connectivity index (χ0v) is 8.37. The van der Waals surface area contributed by atoms with Crippen LogP contribution in [0.5, 0.6) is 0 Å². The monoisotopic (exact) mass is 204 g/mol. The van der Waals surface area contributed by atoms with Crippen molar-refractivity contribution in [3.63, 3.8) is 0 Å². The Bertz CT molecular complexity index is 274. The second-order valence-electron chi connectivity index (χ2n) is 4.27. The van der Waals surface area contributed by atoms with Gasteiger partial charge < -0.3 is 14.2 Å². The zero-order valence-electron chi connectivity index (χ0n) is 8.37. The fraction of sp³-hybridized carbons (Fsp3) is 0.889. The highest BCUT2D eigenvalue weighted by Crippen LogP contribution is 2.39. The molecule has 2 heterocycles. The number of fused-ring (bicyclic) bond motifs is 1. The third-order valence-electron chi connectivity index (χ3n) is 2.50. The first-order valence-electron chi connectivity index (χ1n) is 4.55. The molecule has 0 spiro atoms. The molecule has 2 aliphatic rings. The van der Waals surface area contributed by atoms with E-state index in [2.05, 4.69) is 4.74 Å². The van der Waals surface area contributed by atoms with E-state index in [9.17, 15) is 9.18 Å². The summed E-state index contributed by atoms with van der Waals surface area (Å²) in [5.41, 5.74) is -2.11. The molecule has 0 radical (unpaired) electrons. The molecule has 0 aromatic heterocycles. The van der Waals surface area contributed by atoms with E-state index in [-0.39, 0.29) is 6.61 Å². The minimum Gasteiger partial charge on any atom is -0.460 e. The second-order valence-corrected chi connectivity index (χ2v) is 4.27. The standard InChI is InChI=1S/C9H13FO4/c1-8(2)13-5-4-12-7(11)9(3,10)6(5)14-8/h5-6H,4H2,1-3H3/t5-,6-,9-/m1/s1. The summed E-state index contributed by atoms with van der Waals surface area (Å²) in [6.45, 7) is 4.60. The number of halogens is 1. The number of ether oxygens (including phenoxy) is 3. The van der Waals surface area contributed by atoms with Gasteiger partial charge in [0.1, 0.15) is 18.8 Å². The van der Waals surface area contributed by atoms with Gasteiger partial charge in [-0.25, -0.2) is 9.18 Å². The number of cyclic esters (lactones) is 1. The van der Waals surface area contributed by atoms with Crippen LogP contribution >= 0.6 is 0 Å². The average molecular weight is 204 g/mol. The molecule has 2 fully saturated rings. The Morgan fingerprint density at radius 1 is 1.36 bits per heavy atom. The molecule has 2 saturated heterocycles. The van der Waals surface area contributed by atoms with Crippen LogP contribution in [0.1, 0.15) is 20.8 Å². The molecule has 0 aromatic rings. The van der Waals surface area contributed by atoms with Gasteiger partial charge in [0.2, 0.25) is 5.67 Å². The lowest BCUT2D eigenvalue weighted by molar-refractivity contribution is -0.181. The van der Waals surface area contributed by atoms with E-state index in [0.29, 0.717) is 0 Å². The van der Waals surface area contributed by atoms with Gasteiger partial charge in [-0.1, -0.05) is 0 Å². The SMILES string of the molecule is CC1(C)O[C@@H]2[C@@H](COC(=O)[C@]2(C)F)O1. The molecule has 2 aliphatic heterocycles. The maximum absolute atomic E-state index is 13.9. The number of rotatable bonds is 0. The summed E-state index contributed by atoms with van der Waals surface area (Å²) < 4.78 is 29.3. The quantitative estimate of drug-likeness (QED) is 0.547. The smallest absolute Gasteiger partial charge is 0.346 e. The fourth-order valence-electron chi connectivity index (χ4n) is 1.83. The number of carbonyl (C=O) groups excluding carboxylic acids is 1. The molecule has 4 nitrogen and oxygen atoms in total. The maximum atomic E-state index is 13.9. The van der Waals surface area contributed by atoms with E-state index < -0.39 is 29.6 Å². The number of carbonyl (C=O) groups is 1. The van der Waals surface area contributed by atoms with Crippen molar-refractivity contribution in [2.75, 3.05) is 6.61 Å². The van der Waals surface area contributed by atoms with Crippen LogP contribution in [-0.2, 0) is 19.0 Å². The minimum atomic E-state index is -2.11. The largest absolute Gasteiger partial charge is 0.460 e. The first-order valence-corrected chi connectivity index (χ1v) is 4.55. The predicted octanol–water partition coefficient (Wildman–Crippen LogP) is 0.791. The lowest BCUT2D eigenvalue weighted by Gasteiger charge is -2.32. The van der Waals surface area contributed by atoms with Crippen molar-refractivity contribution >= 4 is 5.97 Å². The van der Waals surface area contributed by atoms with Crippen molar-refractivity contribution in [3.8, 4) is 0 Å². The zero-order chi connectivity index (χ0) is 10.6. The Hall–Kier alpha value is -0.680. The minimum absolute atomic E-state index is 0.0619. The molecule has 5 heteroatoms. The van der Waals surface area contributed by atoms with Crippen molar-refractivity contribution in [1.82, 2.24) is 0 Å². The van der Waals surface area contributed by atoms with Crippen LogP contribution in [0.3, 0.4) is 0 Å². The molecule has 14 heavy (non-hydrogen) atoms. The van der Waals surface area contributed by atoms with Crippen LogP contribution in [0.2, 0.25) is 0 Å². The lowest BCUT2D eigenvalue weighted by atomic mass is 9.95. The summed E-state index contributed by atoms with van der Waals surface area (Å²) in [5.74, 6) is -1.73. The molecule has 0 N–H and O–H groups in total. The molecule has 0 unspecified atom stereocenters. The van der Waals surface area contributed by atoms with E-state index >= 15 is 0 Å². The van der Waals surface area contributed by atoms with Crippen LogP contribution in [0.15, 0.2) is 0 Å². The fourth-order valence-corrected chi connectivity index (χ4v) is 1.83. The summed E-state index contributed by atoms with van der Waals surface area (Å²) in [5, 5.41) is 0. The van der Waals surface area contributed by atoms with Crippen molar-refractivity contribution in [1.29, 1.82) is 0 Å². The van der Waals surface area contributed by atoms with Crippen molar-refractivity contribution in [2.24, 2.45) is 0 Å². The van der Waals surface area contributed by atoms with Gasteiger partial charge in [0.05, 0.1) is 0 Å². The summed E-state index contributed by atoms with van der Waals surface area (Å²) in [6, 6.07) is 0. The Labute approximate surface area is 81.3 Å². The molecular weight excluding hydrogens is 191 g/mol. The number of esters is 1. The Morgan fingerprint density at radius 3 is 2.64 bits per heavy atom. The Kier molecular flexibility index (Phi) is 1.88. The lowest BCUT2D eigenvalue weighted by Crippen LogP contribution is -2.55. The van der Waals surface area contributed by atoms with Gasteiger partial charge in [0, 0.05) is 0 Å². The number of hydrogen-bond acceptors (Lipinski definition) is 4. The maximum Gasteiger partial charge on any atom is 0.346 e. The summed E-state index contributed by atoms with van der Waals surface area (Å²) in [6.07, 6.45) is -1.36. The number of hydrogen-bond donors (Lipinski definition) is 0. The van der Waals surface area contributed by atoms with Gasteiger partial charge in [-0.2, -0.15) is 0 Å². The normalized spacial score (nSPS) is 45.9. The van der Waals surface area contributed by atoms with Crippen molar-refractivity contribution in [3.05, 3.63) is 0 Å². The van der Waals surface area contributed by atoms with Gasteiger partial charge >= 0.3 is 5.97 Å². The van der Waals surface area contributed by atoms with Crippen LogP contribution in [-0.4, -0.2) is 36.2 Å². The van der Waals surface area contributed by atoms with Crippen LogP contribution in [0, 0.1) is 0 Å². The molecule has 0 bridgehead atoms. The van der Waals surface area contributed by atoms with Gasteiger partial charge in [-0.05, 0) is 20.8 Å². The molecular formula is C9H13FO4. The first kappa shape index (κ1) is 9.86. The highest BCUT2D eigenvalue weighted by atomic mass is 19.1. The third kappa shape index (κ3) is 1.31. The molecule has 0 saturated carbocycles. The Morgan fingerprint density at radius 2 is 2.00 bits per heavy atom. The van der Waals surface area contributed by atoms with Crippen LogP contribution < -0.4 is 0 Å². The first-order chi connectivity index (χ1) is 6.33. The number of alkyl halides is 1. The molecule has 0 aliphatic carbocycles. The van der Waals surface area contributed by atoms with E-state index in [1.54, 1.807) is 13.8 Å². The van der Waals surface area contributed by atoms with E-state index in [0.717, 1.165) is 6.92 Å². The second kappa shape index (κ2) is 2.67. The van der Waals surface area contributed by atoms with Gasteiger partial charge in [-0.3, -0.25) is 0 Å². The average Bonchev–Trinajstić information content (AvgIpc) is 2.35. The van der Waals surface area contributed by atoms with Crippen LogP contribution in [0.25, 0.3) is 0 Å². The predicted molar refractivity (Wildman–Crippen MR) is 44.3 cm³/mol. The molecule has 0 aromatic carbocycles. The molecule has 0 amide bonds. The van der Waals surface area contributed by atoms with Crippen molar-refractivity contribution < 1.29 is 23.4 Å². The van der Waals surface area contributed by atoms with E-state index in [1.165, 1.54) is 0 Å². The highest BCUT2D eigenvalue weighted by Gasteiger charge is 2.59. The Balaban J connectivity index is 2.25. The molecule has 80 valence electrons. The summed E-state index contributed by atoms with van der Waals surface area (Å²) >= 11 is 0.